The lowest BCUT2D eigenvalue weighted by atomic mass is 9.47. The lowest BCUT2D eigenvalue weighted by molar-refractivity contribution is -0.151. The van der Waals surface area contributed by atoms with E-state index in [-0.39, 0.29) is 12.1 Å². The van der Waals surface area contributed by atoms with Gasteiger partial charge in [0.05, 0.1) is 0 Å². The van der Waals surface area contributed by atoms with Gasteiger partial charge in [-0.2, -0.15) is 0 Å². The van der Waals surface area contributed by atoms with Crippen molar-refractivity contribution >= 4 is 5.97 Å². The van der Waals surface area contributed by atoms with Gasteiger partial charge in [-0.3, -0.25) is 4.79 Å². The van der Waals surface area contributed by atoms with Crippen LogP contribution >= 0.6 is 0 Å². The Hall–Kier alpha value is -1.05. The Morgan fingerprint density at radius 1 is 0.804 bits per heavy atom. The number of hydrogen-bond acceptors (Lipinski definition) is 2. The van der Waals surface area contributed by atoms with E-state index in [1.54, 1.807) is 5.57 Å². The molecule has 0 heterocycles. The summed E-state index contributed by atoms with van der Waals surface area (Å²) in [5.74, 6) is 5.50. The van der Waals surface area contributed by atoms with Gasteiger partial charge in [0.2, 0.25) is 0 Å². The molecule has 46 heavy (non-hydrogen) atoms. The zero-order valence-electron chi connectivity index (χ0n) is 31.7. The quantitative estimate of drug-likeness (QED) is 0.0801. The predicted octanol–water partition coefficient (Wildman–Crippen LogP) is 13.4. The van der Waals surface area contributed by atoms with E-state index >= 15 is 0 Å². The van der Waals surface area contributed by atoms with Crippen LogP contribution in [0, 0.1) is 52.3 Å². The summed E-state index contributed by atoms with van der Waals surface area (Å²) in [7, 11) is 0. The fourth-order valence-corrected chi connectivity index (χ4v) is 10.9. The van der Waals surface area contributed by atoms with Gasteiger partial charge >= 0.3 is 5.97 Å². The van der Waals surface area contributed by atoms with E-state index in [1.807, 2.05) is 0 Å². The highest BCUT2D eigenvalue weighted by atomic mass is 16.5. The molecule has 3 saturated carbocycles. The van der Waals surface area contributed by atoms with E-state index < -0.39 is 0 Å². The molecule has 0 spiro atoms. The van der Waals surface area contributed by atoms with Gasteiger partial charge in [0.15, 0.2) is 0 Å². The normalized spacial score (nSPS) is 33.7. The fraction of sp³-hybridized carbons (Fsp3) is 0.886. The van der Waals surface area contributed by atoms with Crippen molar-refractivity contribution < 1.29 is 9.53 Å². The number of carbonyl (C=O) groups is 1. The zero-order valence-corrected chi connectivity index (χ0v) is 31.7. The molecule has 0 aromatic carbocycles. The van der Waals surface area contributed by atoms with Gasteiger partial charge in [-0.15, -0.1) is 0 Å². The number of esters is 1. The molecule has 264 valence electrons. The van der Waals surface area contributed by atoms with Crippen molar-refractivity contribution in [1.29, 1.82) is 0 Å². The van der Waals surface area contributed by atoms with E-state index in [1.165, 1.54) is 116 Å². The van der Waals surface area contributed by atoms with Gasteiger partial charge in [0, 0.05) is 12.8 Å². The Kier molecular flexibility index (Phi) is 14.8. The van der Waals surface area contributed by atoms with E-state index in [4.69, 9.17) is 4.74 Å². The van der Waals surface area contributed by atoms with Gasteiger partial charge in [-0.05, 0) is 104 Å². The highest BCUT2D eigenvalue weighted by Crippen LogP contribution is 2.67. The van der Waals surface area contributed by atoms with Crippen LogP contribution in [-0.2, 0) is 9.53 Å². The Balaban J connectivity index is 1.17. The Morgan fingerprint density at radius 2 is 1.43 bits per heavy atom. The molecule has 2 nitrogen and oxygen atoms in total. The molecule has 4 aliphatic carbocycles. The van der Waals surface area contributed by atoms with Gasteiger partial charge in [-0.25, -0.2) is 0 Å². The number of hydrogen-bond donors (Lipinski definition) is 0. The second kappa shape index (κ2) is 18.1. The monoisotopic (exact) mass is 637 g/mol. The maximum Gasteiger partial charge on any atom is 0.306 e. The number of rotatable bonds is 19. The number of ether oxygens (including phenoxy) is 1. The first-order valence-corrected chi connectivity index (χ1v) is 20.7. The molecule has 4 rings (SSSR count). The largest absolute Gasteiger partial charge is 0.462 e. The lowest BCUT2D eigenvalue weighted by Gasteiger charge is -2.58. The minimum absolute atomic E-state index is 0.0577. The molecule has 0 radical (unpaired) electrons. The van der Waals surface area contributed by atoms with Crippen LogP contribution in [0.1, 0.15) is 190 Å². The van der Waals surface area contributed by atoms with Gasteiger partial charge in [0.25, 0.3) is 0 Å². The standard InChI is InChI=1S/C44H76O2/c1-8-9-10-11-12-13-14-15-16-17-18-19-20-21-42(45)46-37-28-30-43(6)36(32-37)24-25-38-40-27-26-39(44(40,7)31-29-41(38)43)35(5)23-22-34(4)33(2)3/h22-24,33-35,37-41H,8-21,25-32H2,1-7H3/b23-22+/t34-,35-,37+,38+,39-,40+,41+,43+,44-/m1/s1. The summed E-state index contributed by atoms with van der Waals surface area (Å²) >= 11 is 0. The fourth-order valence-electron chi connectivity index (χ4n) is 10.9. The van der Waals surface area contributed by atoms with E-state index in [2.05, 4.69) is 66.7 Å². The SMILES string of the molecule is CCCCCCCCCCCCCCCC(=O)O[C@H]1CC[C@@]2(C)C(=CC[C@H]3[C@@H]4CC[C@H]([C@H](C)/C=C/[C@@H](C)C(C)C)[C@@]4(C)CC[C@@H]32)C1. The minimum atomic E-state index is 0.0577. The molecule has 2 heteroatoms. The molecule has 0 unspecified atom stereocenters. The van der Waals surface area contributed by atoms with E-state index in [0.29, 0.717) is 29.1 Å². The van der Waals surface area contributed by atoms with Crippen molar-refractivity contribution in [2.45, 2.75) is 196 Å². The molecule has 9 atom stereocenters. The van der Waals surface area contributed by atoms with Gasteiger partial charge < -0.3 is 4.74 Å². The summed E-state index contributed by atoms with van der Waals surface area (Å²) in [5.41, 5.74) is 2.45. The lowest BCUT2D eigenvalue weighted by Crippen LogP contribution is -2.51. The smallest absolute Gasteiger partial charge is 0.306 e. The molecule has 4 aliphatic rings. The average Bonchev–Trinajstić information content (AvgIpc) is 3.39. The highest BCUT2D eigenvalue weighted by molar-refractivity contribution is 5.69. The number of carbonyl (C=O) groups excluding carboxylic acids is 1. The minimum Gasteiger partial charge on any atom is -0.462 e. The van der Waals surface area contributed by atoms with E-state index in [0.717, 1.165) is 48.9 Å². The molecule has 3 fully saturated rings. The molecule has 0 N–H and O–H groups in total. The van der Waals surface area contributed by atoms with Crippen LogP contribution < -0.4 is 0 Å². The number of unbranched alkanes of at least 4 members (excludes halogenated alkanes) is 12. The summed E-state index contributed by atoms with van der Waals surface area (Å²) in [6.45, 7) is 17.1. The number of fused-ring (bicyclic) bond motifs is 5. The summed E-state index contributed by atoms with van der Waals surface area (Å²) in [6.07, 6.45) is 36.0. The predicted molar refractivity (Wildman–Crippen MR) is 198 cm³/mol. The van der Waals surface area contributed by atoms with Crippen LogP contribution in [0.25, 0.3) is 0 Å². The highest BCUT2D eigenvalue weighted by Gasteiger charge is 2.59. The van der Waals surface area contributed by atoms with Crippen LogP contribution in [0.15, 0.2) is 23.8 Å². The summed E-state index contributed by atoms with van der Waals surface area (Å²) in [6, 6.07) is 0. The van der Waals surface area contributed by atoms with Crippen LogP contribution in [0.5, 0.6) is 0 Å². The third-order valence-electron chi connectivity index (χ3n) is 14.3. The third-order valence-corrected chi connectivity index (χ3v) is 14.3. The van der Waals surface area contributed by atoms with Crippen molar-refractivity contribution in [3.05, 3.63) is 23.8 Å². The second-order valence-corrected chi connectivity index (χ2v) is 17.7. The molecule has 0 aromatic rings. The van der Waals surface area contributed by atoms with E-state index in [9.17, 15) is 4.79 Å². The van der Waals surface area contributed by atoms with Crippen molar-refractivity contribution in [2.75, 3.05) is 0 Å². The van der Waals surface area contributed by atoms with Crippen LogP contribution in [0.3, 0.4) is 0 Å². The Bertz CT molecular complexity index is 976. The topological polar surface area (TPSA) is 26.3 Å². The Labute approximate surface area is 286 Å². The first-order chi connectivity index (χ1) is 22.1. The van der Waals surface area contributed by atoms with Crippen molar-refractivity contribution in [3.8, 4) is 0 Å². The molecule has 0 aliphatic heterocycles. The van der Waals surface area contributed by atoms with Crippen LogP contribution in [0.2, 0.25) is 0 Å². The summed E-state index contributed by atoms with van der Waals surface area (Å²) < 4.78 is 6.12. The molecule has 0 amide bonds. The molecule has 0 aromatic heterocycles. The van der Waals surface area contributed by atoms with Crippen molar-refractivity contribution in [2.24, 2.45) is 52.3 Å². The molecule has 0 bridgehead atoms. The Morgan fingerprint density at radius 3 is 2.07 bits per heavy atom. The summed E-state index contributed by atoms with van der Waals surface area (Å²) in [5, 5.41) is 0. The van der Waals surface area contributed by atoms with Crippen LogP contribution in [-0.4, -0.2) is 12.1 Å². The molecular formula is C44H76O2. The maximum atomic E-state index is 12.8. The van der Waals surface area contributed by atoms with Gasteiger partial charge in [0.1, 0.15) is 6.10 Å². The molecule has 0 saturated heterocycles. The average molecular weight is 637 g/mol. The zero-order chi connectivity index (χ0) is 33.2. The second-order valence-electron chi connectivity index (χ2n) is 17.7. The van der Waals surface area contributed by atoms with Crippen molar-refractivity contribution in [1.82, 2.24) is 0 Å². The third kappa shape index (κ3) is 9.55. The number of allylic oxidation sites excluding steroid dienone is 3. The maximum absolute atomic E-state index is 12.8. The van der Waals surface area contributed by atoms with Gasteiger partial charge in [-0.1, -0.05) is 149 Å². The van der Waals surface area contributed by atoms with Crippen LogP contribution in [0.4, 0.5) is 0 Å². The van der Waals surface area contributed by atoms with Crippen molar-refractivity contribution in [3.63, 3.8) is 0 Å². The first-order valence-electron chi connectivity index (χ1n) is 20.7. The first kappa shape index (κ1) is 37.8. The molecular weight excluding hydrogens is 560 g/mol. The summed E-state index contributed by atoms with van der Waals surface area (Å²) in [4.78, 5) is 12.8.